The minimum atomic E-state index is -0.890. The van der Waals surface area contributed by atoms with E-state index in [-0.39, 0.29) is 18.8 Å². The van der Waals surface area contributed by atoms with E-state index in [9.17, 15) is 4.79 Å². The molecule has 0 amide bonds. The number of carbonyl (C=O) groups is 1. The summed E-state index contributed by atoms with van der Waals surface area (Å²) in [6.07, 6.45) is 0.346. The van der Waals surface area contributed by atoms with Gasteiger partial charge in [-0.2, -0.15) is 0 Å². The Morgan fingerprint density at radius 2 is 2.40 bits per heavy atom. The molecule has 0 spiro atoms. The first-order valence-corrected chi connectivity index (χ1v) is 3.59. The number of rotatable bonds is 4. The average molecular weight is 166 g/mol. The second-order valence-corrected chi connectivity index (χ2v) is 2.43. The molecule has 0 radical (unpaired) electrons. The van der Waals surface area contributed by atoms with Crippen molar-refractivity contribution in [1.29, 1.82) is 0 Å². The molecule has 0 rings (SSSR count). The molecule has 10 heavy (non-hydrogen) atoms. The van der Waals surface area contributed by atoms with Crippen molar-refractivity contribution in [3.05, 3.63) is 0 Å². The van der Waals surface area contributed by atoms with E-state index >= 15 is 0 Å². The van der Waals surface area contributed by atoms with Gasteiger partial charge in [0.05, 0.1) is 7.11 Å². The molecule has 0 heterocycles. The topological polar surface area (TPSA) is 66.8 Å². The molecule has 60 valence electrons. The molecule has 0 bridgehead atoms. The lowest BCUT2D eigenvalue weighted by atomic mass is 10.3. The summed E-state index contributed by atoms with van der Waals surface area (Å²) in [5.41, 5.74) is -0.890. The lowest BCUT2D eigenvalue weighted by molar-refractivity contribution is -0.141. The highest BCUT2D eigenvalue weighted by atomic mass is 32.2. The molecular formula is C5H10O4S. The molecule has 0 saturated heterocycles. The van der Waals surface area contributed by atoms with Crippen molar-refractivity contribution in [3.63, 3.8) is 0 Å². The van der Waals surface area contributed by atoms with Crippen molar-refractivity contribution in [3.8, 4) is 0 Å². The van der Waals surface area contributed by atoms with Crippen LogP contribution in [-0.4, -0.2) is 28.2 Å². The van der Waals surface area contributed by atoms with Gasteiger partial charge in [-0.3, -0.25) is 4.79 Å². The van der Waals surface area contributed by atoms with Crippen molar-refractivity contribution >= 4 is 18.0 Å². The summed E-state index contributed by atoms with van der Waals surface area (Å²) in [6, 6.07) is 0. The predicted molar refractivity (Wildman–Crippen MR) is 37.5 cm³/mol. The van der Waals surface area contributed by atoms with Gasteiger partial charge < -0.3 is 14.4 Å². The van der Waals surface area contributed by atoms with Crippen LogP contribution in [-0.2, 0) is 9.53 Å². The molecule has 0 aromatic rings. The Bertz CT molecular complexity index is 106. The van der Waals surface area contributed by atoms with Crippen LogP contribution in [0.3, 0.4) is 0 Å². The third-order valence-corrected chi connectivity index (χ3v) is 1.42. The van der Waals surface area contributed by atoms with E-state index in [4.69, 9.17) is 9.66 Å². The van der Waals surface area contributed by atoms with Crippen LogP contribution < -0.4 is 0 Å². The highest BCUT2D eigenvalue weighted by Gasteiger charge is 2.06. The minimum Gasteiger partial charge on any atom is -0.469 e. The van der Waals surface area contributed by atoms with Gasteiger partial charge >= 0.3 is 5.97 Å². The SMILES string of the molecule is COC(=O)CCC(O)SO. The lowest BCUT2D eigenvalue weighted by Gasteiger charge is -2.02. The van der Waals surface area contributed by atoms with Crippen LogP contribution in [0.5, 0.6) is 0 Å². The fourth-order valence-corrected chi connectivity index (χ4v) is 0.619. The molecule has 1 atom stereocenters. The van der Waals surface area contributed by atoms with Crippen LogP contribution in [0.25, 0.3) is 0 Å². The van der Waals surface area contributed by atoms with Gasteiger partial charge in [-0.25, -0.2) is 0 Å². The number of carbonyl (C=O) groups excluding carboxylic acids is 1. The molecule has 5 heteroatoms. The van der Waals surface area contributed by atoms with Gasteiger partial charge in [-0.05, 0) is 6.42 Å². The fourth-order valence-electron chi connectivity index (χ4n) is 0.396. The van der Waals surface area contributed by atoms with Crippen LogP contribution in [0.4, 0.5) is 0 Å². The van der Waals surface area contributed by atoms with Crippen LogP contribution >= 0.6 is 12.0 Å². The minimum absolute atomic E-state index is 0.130. The molecule has 1 unspecified atom stereocenters. The molecule has 2 N–H and O–H groups in total. The number of esters is 1. The molecule has 0 aromatic carbocycles. The van der Waals surface area contributed by atoms with E-state index in [1.165, 1.54) is 7.11 Å². The summed E-state index contributed by atoms with van der Waals surface area (Å²) in [5.74, 6) is -0.381. The van der Waals surface area contributed by atoms with E-state index in [0.717, 1.165) is 0 Å². The monoisotopic (exact) mass is 166 g/mol. The summed E-state index contributed by atoms with van der Waals surface area (Å²) >= 11 is 0.325. The maximum absolute atomic E-state index is 10.4. The quantitative estimate of drug-likeness (QED) is 0.361. The largest absolute Gasteiger partial charge is 0.469 e. The van der Waals surface area contributed by atoms with Gasteiger partial charge in [0, 0.05) is 18.5 Å². The van der Waals surface area contributed by atoms with Gasteiger partial charge in [0.25, 0.3) is 0 Å². The predicted octanol–water partition coefficient (Wildman–Crippen LogP) is 0.464. The first-order valence-electron chi connectivity index (χ1n) is 2.75. The molecule has 0 aromatic heterocycles. The first-order chi connectivity index (χ1) is 4.70. The standard InChI is InChI=1S/C5H10O4S/c1-9-4(6)2-3-5(7)10-8/h5,7-8H,2-3H2,1H3. The maximum Gasteiger partial charge on any atom is 0.305 e. The Kier molecular flexibility index (Phi) is 5.38. The van der Waals surface area contributed by atoms with Crippen LogP contribution in [0, 0.1) is 0 Å². The molecule has 0 saturated carbocycles. The van der Waals surface area contributed by atoms with Crippen molar-refractivity contribution < 1.29 is 19.2 Å². The Morgan fingerprint density at radius 1 is 1.80 bits per heavy atom. The Morgan fingerprint density at radius 3 is 2.80 bits per heavy atom. The summed E-state index contributed by atoms with van der Waals surface area (Å²) in [7, 11) is 1.28. The number of ether oxygens (including phenoxy) is 1. The van der Waals surface area contributed by atoms with Gasteiger partial charge in [0.15, 0.2) is 0 Å². The number of hydrogen-bond acceptors (Lipinski definition) is 5. The average Bonchev–Trinajstić information content (AvgIpc) is 1.99. The van der Waals surface area contributed by atoms with Crippen molar-refractivity contribution in [2.75, 3.05) is 7.11 Å². The zero-order chi connectivity index (χ0) is 7.98. The van der Waals surface area contributed by atoms with Crippen molar-refractivity contribution in [1.82, 2.24) is 0 Å². The van der Waals surface area contributed by atoms with Gasteiger partial charge in [-0.1, -0.05) is 0 Å². The van der Waals surface area contributed by atoms with E-state index in [2.05, 4.69) is 4.74 Å². The van der Waals surface area contributed by atoms with Gasteiger partial charge in [0.1, 0.15) is 5.44 Å². The molecule has 0 aliphatic rings. The van der Waals surface area contributed by atoms with Crippen molar-refractivity contribution in [2.45, 2.75) is 18.3 Å². The van der Waals surface area contributed by atoms with Crippen LogP contribution in [0.2, 0.25) is 0 Å². The summed E-state index contributed by atoms with van der Waals surface area (Å²) < 4.78 is 12.5. The van der Waals surface area contributed by atoms with Crippen molar-refractivity contribution in [2.24, 2.45) is 0 Å². The van der Waals surface area contributed by atoms with E-state index < -0.39 is 5.44 Å². The highest BCUT2D eigenvalue weighted by molar-refractivity contribution is 7.94. The molecule has 0 fully saturated rings. The van der Waals surface area contributed by atoms with E-state index in [1.807, 2.05) is 0 Å². The third kappa shape index (κ3) is 4.60. The molecular weight excluding hydrogens is 156 g/mol. The fraction of sp³-hybridized carbons (Fsp3) is 0.800. The third-order valence-electron chi connectivity index (χ3n) is 0.945. The Labute approximate surface area is 63.4 Å². The number of aliphatic hydroxyl groups excluding tert-OH is 1. The zero-order valence-electron chi connectivity index (χ0n) is 5.61. The number of methoxy groups -OCH3 is 1. The normalized spacial score (nSPS) is 12.7. The number of aliphatic hydroxyl groups is 1. The Balaban J connectivity index is 3.26. The number of hydrogen-bond donors (Lipinski definition) is 2. The van der Waals surface area contributed by atoms with E-state index in [0.29, 0.717) is 12.0 Å². The summed E-state index contributed by atoms with van der Waals surface area (Å²) in [4.78, 5) is 10.4. The van der Waals surface area contributed by atoms with Gasteiger partial charge in [0.2, 0.25) is 0 Å². The lowest BCUT2D eigenvalue weighted by Crippen LogP contribution is -2.06. The highest BCUT2D eigenvalue weighted by Crippen LogP contribution is 2.08. The molecule has 4 nitrogen and oxygen atoms in total. The second kappa shape index (κ2) is 5.52. The zero-order valence-corrected chi connectivity index (χ0v) is 6.43. The van der Waals surface area contributed by atoms with Crippen LogP contribution in [0.15, 0.2) is 0 Å². The molecule has 0 aliphatic heterocycles. The van der Waals surface area contributed by atoms with Crippen LogP contribution in [0.1, 0.15) is 12.8 Å². The maximum atomic E-state index is 10.4. The second-order valence-electron chi connectivity index (χ2n) is 1.67. The first kappa shape index (κ1) is 9.74. The van der Waals surface area contributed by atoms with Gasteiger partial charge in [-0.15, -0.1) is 0 Å². The summed E-state index contributed by atoms with van der Waals surface area (Å²) in [6.45, 7) is 0. The summed E-state index contributed by atoms with van der Waals surface area (Å²) in [5, 5.41) is 8.71. The molecule has 0 aliphatic carbocycles. The Hall–Kier alpha value is -0.260. The smallest absolute Gasteiger partial charge is 0.305 e. The van der Waals surface area contributed by atoms with E-state index in [1.54, 1.807) is 0 Å².